The van der Waals surface area contributed by atoms with E-state index in [2.05, 4.69) is 36.2 Å². The summed E-state index contributed by atoms with van der Waals surface area (Å²) in [6.45, 7) is 9.72. The van der Waals surface area contributed by atoms with Crippen LogP contribution in [0.25, 0.3) is 0 Å². The lowest BCUT2D eigenvalue weighted by Crippen LogP contribution is -2.18. The van der Waals surface area contributed by atoms with Crippen molar-refractivity contribution in [2.75, 3.05) is 13.1 Å². The summed E-state index contributed by atoms with van der Waals surface area (Å²) in [6, 6.07) is 0. The van der Waals surface area contributed by atoms with E-state index >= 15 is 0 Å². The van der Waals surface area contributed by atoms with Crippen molar-refractivity contribution in [3.05, 3.63) is 12.2 Å². The molecule has 1 aromatic rings. The minimum absolute atomic E-state index is 0.666. The van der Waals surface area contributed by atoms with Gasteiger partial charge in [-0.15, -0.1) is 0 Å². The smallest absolute Gasteiger partial charge is 0.138 e. The molecule has 0 spiro atoms. The van der Waals surface area contributed by atoms with Crippen molar-refractivity contribution in [2.45, 2.75) is 46.6 Å². The van der Waals surface area contributed by atoms with Crippen LogP contribution in [-0.4, -0.2) is 27.9 Å². The number of aromatic nitrogens is 3. The predicted octanol–water partition coefficient (Wildman–Crippen LogP) is 1.87. The molecule has 1 rings (SSSR count). The van der Waals surface area contributed by atoms with Gasteiger partial charge in [-0.2, -0.15) is 5.10 Å². The Hall–Kier alpha value is -0.900. The van der Waals surface area contributed by atoms with Crippen LogP contribution in [0.4, 0.5) is 0 Å². The van der Waals surface area contributed by atoms with E-state index < -0.39 is 0 Å². The molecule has 1 heterocycles. The summed E-state index contributed by atoms with van der Waals surface area (Å²) in [6.07, 6.45) is 5.02. The number of aryl methyl sites for hydroxylation is 1. The first kappa shape index (κ1) is 13.2. The van der Waals surface area contributed by atoms with Crippen LogP contribution in [0.5, 0.6) is 0 Å². The monoisotopic (exact) mass is 224 g/mol. The summed E-state index contributed by atoms with van der Waals surface area (Å²) in [7, 11) is 0. The van der Waals surface area contributed by atoms with Gasteiger partial charge in [-0.05, 0) is 31.8 Å². The van der Waals surface area contributed by atoms with E-state index in [4.69, 9.17) is 0 Å². The van der Waals surface area contributed by atoms with E-state index in [0.717, 1.165) is 38.3 Å². The molecule has 0 radical (unpaired) electrons. The first-order valence-electron chi connectivity index (χ1n) is 6.35. The Bertz CT molecular complexity index is 282. The minimum Gasteiger partial charge on any atom is -0.317 e. The molecule has 92 valence electrons. The molecule has 0 saturated heterocycles. The van der Waals surface area contributed by atoms with Crippen LogP contribution >= 0.6 is 0 Å². The molecule has 1 atom stereocenters. The number of hydrogen-bond acceptors (Lipinski definition) is 3. The highest BCUT2D eigenvalue weighted by Crippen LogP contribution is 2.09. The number of rotatable bonds is 8. The van der Waals surface area contributed by atoms with Crippen LogP contribution in [0.1, 0.15) is 39.4 Å². The van der Waals surface area contributed by atoms with E-state index in [0.29, 0.717) is 5.92 Å². The molecular formula is C12H24N4. The maximum atomic E-state index is 4.33. The molecule has 0 aromatic carbocycles. The standard InChI is InChI=1S/C12H24N4/c1-4-8-16-12(14-10-15-16)9-11(3)6-7-13-5-2/h10-11,13H,4-9H2,1-3H3. The number of nitrogens with zero attached hydrogens (tertiary/aromatic N) is 3. The average Bonchev–Trinajstić information content (AvgIpc) is 2.67. The van der Waals surface area contributed by atoms with Crippen LogP contribution in [0.2, 0.25) is 0 Å². The Morgan fingerprint density at radius 3 is 2.94 bits per heavy atom. The molecule has 0 amide bonds. The lowest BCUT2D eigenvalue weighted by molar-refractivity contribution is 0.469. The van der Waals surface area contributed by atoms with Gasteiger partial charge in [-0.25, -0.2) is 4.98 Å². The van der Waals surface area contributed by atoms with E-state index in [1.165, 1.54) is 6.42 Å². The highest BCUT2D eigenvalue weighted by atomic mass is 15.3. The van der Waals surface area contributed by atoms with Crippen molar-refractivity contribution >= 4 is 0 Å². The first-order chi connectivity index (χ1) is 7.77. The molecule has 0 aliphatic carbocycles. The van der Waals surface area contributed by atoms with Gasteiger partial charge in [0, 0.05) is 13.0 Å². The molecule has 0 aliphatic heterocycles. The van der Waals surface area contributed by atoms with Gasteiger partial charge >= 0.3 is 0 Å². The van der Waals surface area contributed by atoms with Gasteiger partial charge in [0.05, 0.1) is 0 Å². The quantitative estimate of drug-likeness (QED) is 0.685. The second-order valence-corrected chi connectivity index (χ2v) is 4.35. The first-order valence-corrected chi connectivity index (χ1v) is 6.35. The van der Waals surface area contributed by atoms with Crippen LogP contribution in [0.15, 0.2) is 6.33 Å². The highest BCUT2D eigenvalue weighted by molar-refractivity contribution is 4.86. The number of hydrogen-bond donors (Lipinski definition) is 1. The summed E-state index contributed by atoms with van der Waals surface area (Å²) >= 11 is 0. The fourth-order valence-electron chi connectivity index (χ4n) is 1.78. The van der Waals surface area contributed by atoms with Crippen molar-refractivity contribution in [2.24, 2.45) is 5.92 Å². The third-order valence-corrected chi connectivity index (χ3v) is 2.73. The maximum absolute atomic E-state index is 4.33. The van der Waals surface area contributed by atoms with E-state index in [-0.39, 0.29) is 0 Å². The van der Waals surface area contributed by atoms with E-state index in [1.54, 1.807) is 6.33 Å². The fraction of sp³-hybridized carbons (Fsp3) is 0.833. The van der Waals surface area contributed by atoms with Crippen LogP contribution in [-0.2, 0) is 13.0 Å². The third kappa shape index (κ3) is 4.31. The summed E-state index contributed by atoms with van der Waals surface area (Å²) in [5, 5.41) is 7.60. The summed E-state index contributed by atoms with van der Waals surface area (Å²) in [5.41, 5.74) is 0. The Morgan fingerprint density at radius 2 is 2.25 bits per heavy atom. The highest BCUT2D eigenvalue weighted by Gasteiger charge is 2.08. The van der Waals surface area contributed by atoms with E-state index in [9.17, 15) is 0 Å². The van der Waals surface area contributed by atoms with Gasteiger partial charge in [-0.1, -0.05) is 20.8 Å². The Kier molecular flexibility index (Phi) is 6.08. The summed E-state index contributed by atoms with van der Waals surface area (Å²) in [4.78, 5) is 4.33. The maximum Gasteiger partial charge on any atom is 0.138 e. The molecule has 0 fully saturated rings. The van der Waals surface area contributed by atoms with E-state index in [1.807, 2.05) is 4.68 Å². The van der Waals surface area contributed by atoms with Gasteiger partial charge in [0.2, 0.25) is 0 Å². The van der Waals surface area contributed by atoms with Crippen molar-refractivity contribution in [1.82, 2.24) is 20.1 Å². The summed E-state index contributed by atoms with van der Waals surface area (Å²) < 4.78 is 2.03. The minimum atomic E-state index is 0.666. The fourth-order valence-corrected chi connectivity index (χ4v) is 1.78. The average molecular weight is 224 g/mol. The number of nitrogens with one attached hydrogen (secondary N) is 1. The molecule has 16 heavy (non-hydrogen) atoms. The van der Waals surface area contributed by atoms with Gasteiger partial charge < -0.3 is 5.32 Å². The van der Waals surface area contributed by atoms with Crippen LogP contribution in [0.3, 0.4) is 0 Å². The molecule has 0 bridgehead atoms. The lowest BCUT2D eigenvalue weighted by atomic mass is 10.0. The molecule has 4 nitrogen and oxygen atoms in total. The largest absolute Gasteiger partial charge is 0.317 e. The topological polar surface area (TPSA) is 42.7 Å². The Balaban J connectivity index is 2.36. The second kappa shape index (κ2) is 7.39. The molecule has 1 aromatic heterocycles. The zero-order valence-electron chi connectivity index (χ0n) is 10.7. The van der Waals surface area contributed by atoms with Gasteiger partial charge in [0.15, 0.2) is 0 Å². The molecule has 4 heteroatoms. The predicted molar refractivity (Wildman–Crippen MR) is 66.3 cm³/mol. The molecule has 1 N–H and O–H groups in total. The van der Waals surface area contributed by atoms with Crippen LogP contribution in [0, 0.1) is 5.92 Å². The third-order valence-electron chi connectivity index (χ3n) is 2.73. The zero-order chi connectivity index (χ0) is 11.8. The summed E-state index contributed by atoms with van der Waals surface area (Å²) in [5.74, 6) is 1.80. The molecule has 0 saturated carbocycles. The molecular weight excluding hydrogens is 200 g/mol. The van der Waals surface area contributed by atoms with Gasteiger partial charge in [0.25, 0.3) is 0 Å². The van der Waals surface area contributed by atoms with Crippen molar-refractivity contribution < 1.29 is 0 Å². The molecule has 1 unspecified atom stereocenters. The lowest BCUT2D eigenvalue weighted by Gasteiger charge is -2.11. The van der Waals surface area contributed by atoms with Gasteiger partial charge in [-0.3, -0.25) is 4.68 Å². The van der Waals surface area contributed by atoms with Crippen molar-refractivity contribution in [3.63, 3.8) is 0 Å². The van der Waals surface area contributed by atoms with Crippen molar-refractivity contribution in [1.29, 1.82) is 0 Å². The second-order valence-electron chi connectivity index (χ2n) is 4.35. The normalized spacial score (nSPS) is 12.9. The molecule has 0 aliphatic rings. The zero-order valence-corrected chi connectivity index (χ0v) is 10.7. The Labute approximate surface area is 98.5 Å². The van der Waals surface area contributed by atoms with Gasteiger partial charge in [0.1, 0.15) is 12.2 Å². The Morgan fingerprint density at radius 1 is 1.44 bits per heavy atom. The van der Waals surface area contributed by atoms with Crippen LogP contribution < -0.4 is 5.32 Å². The van der Waals surface area contributed by atoms with Crippen molar-refractivity contribution in [3.8, 4) is 0 Å². The SMILES string of the molecule is CCCn1ncnc1CC(C)CCNCC.